The summed E-state index contributed by atoms with van der Waals surface area (Å²) in [5, 5.41) is 12.6. The number of rotatable bonds is 9. The van der Waals surface area contributed by atoms with Crippen molar-refractivity contribution < 1.29 is 9.53 Å². The van der Waals surface area contributed by atoms with E-state index in [1.54, 1.807) is 12.4 Å². The van der Waals surface area contributed by atoms with Crippen LogP contribution in [0.2, 0.25) is 0 Å². The second-order valence-corrected chi connectivity index (χ2v) is 11.0. The number of imidazole rings is 1. The van der Waals surface area contributed by atoms with Gasteiger partial charge in [0.25, 0.3) is 5.91 Å². The highest BCUT2D eigenvalue weighted by molar-refractivity contribution is 5.99. The molecule has 2 aliphatic heterocycles. The van der Waals surface area contributed by atoms with E-state index in [0.717, 1.165) is 55.2 Å². The number of hydrogen-bond donors (Lipinski definition) is 1. The second kappa shape index (κ2) is 10.0. The third-order valence-corrected chi connectivity index (χ3v) is 8.47. The average molecular weight is 526 g/mol. The first-order valence-electron chi connectivity index (χ1n) is 13.9. The predicted molar refractivity (Wildman–Crippen MR) is 148 cm³/mol. The van der Waals surface area contributed by atoms with Gasteiger partial charge < -0.3 is 19.5 Å². The van der Waals surface area contributed by atoms with Crippen LogP contribution in [-0.4, -0.2) is 63.5 Å². The Hall–Kier alpha value is -3.90. The molecule has 4 heterocycles. The fourth-order valence-electron chi connectivity index (χ4n) is 6.12. The largest absolute Gasteiger partial charge is 0.492 e. The first kappa shape index (κ1) is 25.4. The summed E-state index contributed by atoms with van der Waals surface area (Å²) in [6.45, 7) is 8.81. The van der Waals surface area contributed by atoms with E-state index in [1.807, 2.05) is 38.1 Å². The summed E-state index contributed by atoms with van der Waals surface area (Å²) in [4.78, 5) is 27.7. The minimum atomic E-state index is -0.248. The quantitative estimate of drug-likeness (QED) is 0.449. The van der Waals surface area contributed by atoms with Gasteiger partial charge in [-0.25, -0.2) is 4.98 Å². The zero-order valence-electron chi connectivity index (χ0n) is 22.9. The number of amides is 1. The summed E-state index contributed by atoms with van der Waals surface area (Å²) < 4.78 is 7.79. The second-order valence-electron chi connectivity index (χ2n) is 11.0. The van der Waals surface area contributed by atoms with E-state index < -0.39 is 0 Å². The van der Waals surface area contributed by atoms with E-state index in [9.17, 15) is 10.1 Å². The van der Waals surface area contributed by atoms with Crippen LogP contribution in [-0.2, 0) is 18.5 Å². The summed E-state index contributed by atoms with van der Waals surface area (Å²) in [6.07, 6.45) is 8.71. The summed E-state index contributed by atoms with van der Waals surface area (Å²) in [5.41, 5.74) is 5.62. The molecule has 6 rings (SSSR count). The smallest absolute Gasteiger partial charge is 0.254 e. The number of carbonyl (C=O) groups is 1. The minimum absolute atomic E-state index is 0.00326. The Morgan fingerprint density at radius 3 is 2.69 bits per heavy atom. The zero-order chi connectivity index (χ0) is 27.1. The molecule has 1 atom stereocenters. The minimum Gasteiger partial charge on any atom is -0.492 e. The van der Waals surface area contributed by atoms with Crippen molar-refractivity contribution in [3.05, 3.63) is 70.3 Å². The number of ether oxygens (including phenoxy) is 1. The molecule has 1 saturated carbocycles. The molecule has 1 N–H and O–H groups in total. The van der Waals surface area contributed by atoms with Crippen LogP contribution in [0.5, 0.6) is 5.75 Å². The van der Waals surface area contributed by atoms with Gasteiger partial charge in [-0.15, -0.1) is 0 Å². The van der Waals surface area contributed by atoms with Crippen LogP contribution in [0, 0.1) is 11.3 Å². The van der Waals surface area contributed by atoms with Crippen LogP contribution >= 0.6 is 0 Å². The number of nitrogens with zero attached hydrogens (tertiary/aromatic N) is 6. The Bertz CT molecular complexity index is 1450. The van der Waals surface area contributed by atoms with Crippen molar-refractivity contribution in [3.8, 4) is 11.8 Å². The molecular weight excluding hydrogens is 490 g/mol. The summed E-state index contributed by atoms with van der Waals surface area (Å²) in [6, 6.07) is 8.15. The lowest BCUT2D eigenvalue weighted by atomic mass is 9.80. The molecule has 2 fully saturated rings. The standard InChI is InChI=1S/C30H35N7O2/c1-4-39-26-14-25(34-16-23(26)15-31)20(2)37-19-30(6-7-30)27-22(18-35-9-5-10-35)12-21(13-24(27)28(37)38)17-36-11-8-33-29(36)32-3/h8,11-14,16,20H,4-7,9-10,17-19H2,1-3H3,(H,32,33)/t20-/m0/s1. The Morgan fingerprint density at radius 1 is 1.21 bits per heavy atom. The van der Waals surface area contributed by atoms with E-state index >= 15 is 0 Å². The molecule has 202 valence electrons. The molecule has 2 aromatic heterocycles. The molecule has 0 unspecified atom stereocenters. The predicted octanol–water partition coefficient (Wildman–Crippen LogP) is 4.09. The number of carbonyl (C=O) groups excluding carboxylic acids is 1. The lowest BCUT2D eigenvalue weighted by molar-refractivity contribution is 0.0632. The zero-order valence-corrected chi connectivity index (χ0v) is 22.9. The third-order valence-electron chi connectivity index (χ3n) is 8.47. The number of likely N-dealkylation sites (tertiary alicyclic amines) is 1. The van der Waals surface area contributed by atoms with E-state index in [4.69, 9.17) is 4.74 Å². The lowest BCUT2D eigenvalue weighted by Crippen LogP contribution is -2.46. The maximum Gasteiger partial charge on any atom is 0.254 e. The number of pyridine rings is 1. The first-order chi connectivity index (χ1) is 19.0. The average Bonchev–Trinajstić information content (AvgIpc) is 3.55. The van der Waals surface area contributed by atoms with Gasteiger partial charge in [-0.3, -0.25) is 14.7 Å². The summed E-state index contributed by atoms with van der Waals surface area (Å²) in [7, 11) is 1.87. The number of hydrogen-bond acceptors (Lipinski definition) is 7. The summed E-state index contributed by atoms with van der Waals surface area (Å²) >= 11 is 0. The van der Waals surface area contributed by atoms with Gasteiger partial charge in [0.15, 0.2) is 0 Å². The third kappa shape index (κ3) is 4.53. The topological polar surface area (TPSA) is 99.3 Å². The van der Waals surface area contributed by atoms with Crippen LogP contribution in [0.4, 0.5) is 5.95 Å². The van der Waals surface area contributed by atoms with E-state index in [1.165, 1.54) is 17.5 Å². The maximum atomic E-state index is 14.2. The number of fused-ring (bicyclic) bond motifs is 2. The van der Waals surface area contributed by atoms with Crippen molar-refractivity contribution in [1.82, 2.24) is 24.3 Å². The van der Waals surface area contributed by atoms with Crippen LogP contribution in [0.3, 0.4) is 0 Å². The monoisotopic (exact) mass is 525 g/mol. The van der Waals surface area contributed by atoms with Crippen molar-refractivity contribution in [1.29, 1.82) is 5.26 Å². The molecule has 9 heteroatoms. The molecule has 1 saturated heterocycles. The summed E-state index contributed by atoms with van der Waals surface area (Å²) in [5.74, 6) is 1.36. The Morgan fingerprint density at radius 2 is 2.03 bits per heavy atom. The van der Waals surface area contributed by atoms with Crippen LogP contribution in [0.25, 0.3) is 0 Å². The Labute approximate surface area is 229 Å². The van der Waals surface area contributed by atoms with E-state index in [2.05, 4.69) is 43.0 Å². The van der Waals surface area contributed by atoms with Gasteiger partial charge >= 0.3 is 0 Å². The van der Waals surface area contributed by atoms with Crippen molar-refractivity contribution in [2.75, 3.05) is 38.6 Å². The van der Waals surface area contributed by atoms with Gasteiger partial charge in [-0.05, 0) is 69.0 Å². The molecular formula is C30H35N7O2. The van der Waals surface area contributed by atoms with E-state index in [0.29, 0.717) is 31.0 Å². The van der Waals surface area contributed by atoms with Crippen LogP contribution < -0.4 is 10.1 Å². The maximum absolute atomic E-state index is 14.2. The number of nitrogens with one attached hydrogen (secondary N) is 1. The number of aromatic nitrogens is 3. The molecule has 1 spiro atoms. The highest BCUT2D eigenvalue weighted by atomic mass is 16.5. The first-order valence-corrected chi connectivity index (χ1v) is 13.9. The Kier molecular flexibility index (Phi) is 6.51. The number of nitriles is 1. The highest BCUT2D eigenvalue weighted by Crippen LogP contribution is 2.55. The molecule has 3 aliphatic rings. The van der Waals surface area contributed by atoms with Crippen LogP contribution in [0.15, 0.2) is 36.8 Å². The fourth-order valence-corrected chi connectivity index (χ4v) is 6.12. The van der Waals surface area contributed by atoms with Gasteiger partial charge in [-0.1, -0.05) is 6.07 Å². The number of anilines is 1. The molecule has 1 amide bonds. The van der Waals surface area contributed by atoms with Crippen molar-refractivity contribution in [2.45, 2.75) is 57.7 Å². The molecule has 39 heavy (non-hydrogen) atoms. The van der Waals surface area contributed by atoms with Gasteiger partial charge in [0.2, 0.25) is 5.95 Å². The molecule has 0 bridgehead atoms. The van der Waals surface area contributed by atoms with E-state index in [-0.39, 0.29) is 17.4 Å². The molecule has 3 aromatic rings. The van der Waals surface area contributed by atoms with Gasteiger partial charge in [0.1, 0.15) is 17.4 Å². The SMILES string of the molecule is CCOc1cc([C@H](C)N2CC3(CC3)c3c(CN4CCC4)cc(Cn4ccnc4NC)cc3C2=O)ncc1C#N. The molecule has 9 nitrogen and oxygen atoms in total. The Balaban J connectivity index is 1.39. The van der Waals surface area contributed by atoms with Crippen molar-refractivity contribution in [2.24, 2.45) is 0 Å². The molecule has 0 radical (unpaired) electrons. The normalized spacial score (nSPS) is 18.3. The fraction of sp³-hybridized carbons (Fsp3) is 0.467. The van der Waals surface area contributed by atoms with Crippen molar-refractivity contribution >= 4 is 11.9 Å². The molecule has 1 aromatic carbocycles. The van der Waals surface area contributed by atoms with Gasteiger partial charge in [0, 0.05) is 55.8 Å². The molecule has 1 aliphatic carbocycles. The van der Waals surface area contributed by atoms with Gasteiger partial charge in [0.05, 0.1) is 24.9 Å². The number of benzene rings is 1. The van der Waals surface area contributed by atoms with Crippen molar-refractivity contribution in [3.63, 3.8) is 0 Å². The van der Waals surface area contributed by atoms with Crippen LogP contribution in [0.1, 0.15) is 77.5 Å². The lowest BCUT2D eigenvalue weighted by Gasteiger charge is -2.41. The highest BCUT2D eigenvalue weighted by Gasteiger charge is 2.53. The van der Waals surface area contributed by atoms with Gasteiger partial charge in [-0.2, -0.15) is 5.26 Å².